The highest BCUT2D eigenvalue weighted by Crippen LogP contribution is 2.41. The van der Waals surface area contributed by atoms with E-state index in [2.05, 4.69) is 10.3 Å². The van der Waals surface area contributed by atoms with E-state index >= 15 is 0 Å². The average Bonchev–Trinajstić information content (AvgIpc) is 2.74. The van der Waals surface area contributed by atoms with Crippen LogP contribution < -0.4 is 10.2 Å². The van der Waals surface area contributed by atoms with Crippen molar-refractivity contribution in [2.45, 2.75) is 56.1 Å². The van der Waals surface area contributed by atoms with E-state index in [1.807, 2.05) is 39.8 Å². The van der Waals surface area contributed by atoms with E-state index < -0.39 is 0 Å². The number of benzene rings is 1. The standard InChI is InChI=1S/C20H23N3O2S/c1-5-13(4)22-18(24)14-8-9-16-17(11-14)26-19-15(7-6-10-21-19)20(25)23(16)12(2)3/h6-13H,5H2,1-4H3,(H,22,24)/t13-/m0/s1. The molecule has 1 aliphatic heterocycles. The Balaban J connectivity index is 2.07. The second-order valence-electron chi connectivity index (χ2n) is 6.69. The smallest absolute Gasteiger partial charge is 0.261 e. The number of aromatic nitrogens is 1. The topological polar surface area (TPSA) is 62.3 Å². The SMILES string of the molecule is CC[C@H](C)NC(=O)c1ccc2c(c1)Sc1ncccc1C(=O)N2C(C)C. The van der Waals surface area contributed by atoms with Crippen molar-refractivity contribution in [3.63, 3.8) is 0 Å². The van der Waals surface area contributed by atoms with Crippen molar-refractivity contribution in [2.24, 2.45) is 0 Å². The Bertz CT molecular complexity index is 851. The molecule has 136 valence electrons. The van der Waals surface area contributed by atoms with Crippen molar-refractivity contribution in [1.29, 1.82) is 0 Å². The number of anilines is 1. The zero-order valence-corrected chi connectivity index (χ0v) is 16.3. The number of hydrogen-bond donors (Lipinski definition) is 1. The molecular weight excluding hydrogens is 346 g/mol. The van der Waals surface area contributed by atoms with Gasteiger partial charge in [0.15, 0.2) is 0 Å². The van der Waals surface area contributed by atoms with Crippen molar-refractivity contribution in [1.82, 2.24) is 10.3 Å². The second kappa shape index (κ2) is 7.50. The molecule has 1 N–H and O–H groups in total. The van der Waals surface area contributed by atoms with Gasteiger partial charge in [0, 0.05) is 28.7 Å². The van der Waals surface area contributed by atoms with Gasteiger partial charge in [-0.2, -0.15) is 0 Å². The van der Waals surface area contributed by atoms with Crippen molar-refractivity contribution >= 4 is 29.3 Å². The maximum atomic E-state index is 13.0. The summed E-state index contributed by atoms with van der Waals surface area (Å²) in [5.41, 5.74) is 1.99. The van der Waals surface area contributed by atoms with Crippen molar-refractivity contribution in [2.75, 3.05) is 4.90 Å². The molecule has 2 amide bonds. The minimum absolute atomic E-state index is 0.00667. The van der Waals surface area contributed by atoms with Crippen LogP contribution in [0.4, 0.5) is 5.69 Å². The number of fused-ring (bicyclic) bond motifs is 2. The van der Waals surface area contributed by atoms with Gasteiger partial charge in [-0.05, 0) is 57.5 Å². The molecule has 0 saturated carbocycles. The van der Waals surface area contributed by atoms with Gasteiger partial charge in [-0.1, -0.05) is 18.7 Å². The first kappa shape index (κ1) is 18.5. The number of nitrogens with zero attached hydrogens (tertiary/aromatic N) is 2. The third kappa shape index (κ3) is 3.46. The first-order valence-electron chi connectivity index (χ1n) is 8.83. The van der Waals surface area contributed by atoms with Gasteiger partial charge in [0.25, 0.3) is 11.8 Å². The van der Waals surface area contributed by atoms with E-state index in [0.717, 1.165) is 17.0 Å². The van der Waals surface area contributed by atoms with Crippen LogP contribution in [0.5, 0.6) is 0 Å². The fourth-order valence-corrected chi connectivity index (χ4v) is 3.88. The van der Waals surface area contributed by atoms with Gasteiger partial charge in [-0.25, -0.2) is 4.98 Å². The summed E-state index contributed by atoms with van der Waals surface area (Å²) < 4.78 is 0. The zero-order valence-electron chi connectivity index (χ0n) is 15.4. The zero-order chi connectivity index (χ0) is 18.8. The summed E-state index contributed by atoms with van der Waals surface area (Å²) in [6.07, 6.45) is 2.56. The third-order valence-corrected chi connectivity index (χ3v) is 5.48. The van der Waals surface area contributed by atoms with Crippen LogP contribution in [0.15, 0.2) is 46.5 Å². The third-order valence-electron chi connectivity index (χ3n) is 4.41. The summed E-state index contributed by atoms with van der Waals surface area (Å²) in [6, 6.07) is 9.18. The molecule has 1 aromatic carbocycles. The number of amides is 2. The molecule has 26 heavy (non-hydrogen) atoms. The predicted molar refractivity (Wildman–Crippen MR) is 104 cm³/mol. The van der Waals surface area contributed by atoms with E-state index in [0.29, 0.717) is 16.2 Å². The molecule has 0 saturated heterocycles. The monoisotopic (exact) mass is 369 g/mol. The molecule has 5 nitrogen and oxygen atoms in total. The Kier molecular flexibility index (Phi) is 5.32. The van der Waals surface area contributed by atoms with Crippen molar-refractivity contribution in [3.8, 4) is 0 Å². The second-order valence-corrected chi connectivity index (χ2v) is 7.72. The van der Waals surface area contributed by atoms with Crippen LogP contribution in [0.25, 0.3) is 0 Å². The highest BCUT2D eigenvalue weighted by atomic mass is 32.2. The Hall–Kier alpha value is -2.34. The first-order valence-corrected chi connectivity index (χ1v) is 9.65. The van der Waals surface area contributed by atoms with Gasteiger partial charge in [0.2, 0.25) is 0 Å². The van der Waals surface area contributed by atoms with E-state index in [-0.39, 0.29) is 23.9 Å². The van der Waals surface area contributed by atoms with E-state index in [9.17, 15) is 9.59 Å². The number of rotatable bonds is 4. The quantitative estimate of drug-likeness (QED) is 0.880. The predicted octanol–water partition coefficient (Wildman–Crippen LogP) is 4.13. The fraction of sp³-hybridized carbons (Fsp3) is 0.350. The molecule has 0 radical (unpaired) electrons. The van der Waals surface area contributed by atoms with Crippen LogP contribution in [-0.4, -0.2) is 28.9 Å². The maximum Gasteiger partial charge on any atom is 0.261 e. The highest BCUT2D eigenvalue weighted by molar-refractivity contribution is 7.99. The Morgan fingerprint density at radius 1 is 1.27 bits per heavy atom. The summed E-state index contributed by atoms with van der Waals surface area (Å²) in [5, 5.41) is 3.65. The van der Waals surface area contributed by atoms with Gasteiger partial charge < -0.3 is 10.2 Å². The normalized spacial score (nSPS) is 14.5. The lowest BCUT2D eigenvalue weighted by Crippen LogP contribution is -2.37. The molecule has 1 aliphatic rings. The molecule has 0 fully saturated rings. The van der Waals surface area contributed by atoms with Crippen LogP contribution in [-0.2, 0) is 0 Å². The van der Waals surface area contributed by atoms with E-state index in [1.165, 1.54) is 11.8 Å². The number of carbonyl (C=O) groups is 2. The number of hydrogen-bond acceptors (Lipinski definition) is 4. The lowest BCUT2D eigenvalue weighted by Gasteiger charge is -2.27. The summed E-state index contributed by atoms with van der Waals surface area (Å²) in [6.45, 7) is 7.98. The van der Waals surface area contributed by atoms with Crippen molar-refractivity contribution < 1.29 is 9.59 Å². The van der Waals surface area contributed by atoms with Crippen LogP contribution in [0.3, 0.4) is 0 Å². The lowest BCUT2D eigenvalue weighted by molar-refractivity contribution is 0.0938. The van der Waals surface area contributed by atoms with E-state index in [4.69, 9.17) is 0 Å². The summed E-state index contributed by atoms with van der Waals surface area (Å²) in [5.74, 6) is -0.165. The van der Waals surface area contributed by atoms with Gasteiger partial charge in [-0.3, -0.25) is 9.59 Å². The number of nitrogens with one attached hydrogen (secondary N) is 1. The summed E-state index contributed by atoms with van der Waals surface area (Å²) in [4.78, 5) is 32.5. The largest absolute Gasteiger partial charge is 0.350 e. The number of pyridine rings is 1. The molecule has 3 rings (SSSR count). The molecule has 0 bridgehead atoms. The van der Waals surface area contributed by atoms with Gasteiger partial charge in [0.05, 0.1) is 11.3 Å². The van der Waals surface area contributed by atoms with Gasteiger partial charge in [-0.15, -0.1) is 0 Å². The van der Waals surface area contributed by atoms with Crippen LogP contribution in [0, 0.1) is 0 Å². The molecule has 1 aromatic heterocycles. The van der Waals surface area contributed by atoms with Crippen molar-refractivity contribution in [3.05, 3.63) is 47.7 Å². The molecule has 2 aromatic rings. The van der Waals surface area contributed by atoms with Crippen LogP contribution in [0.1, 0.15) is 54.8 Å². The molecule has 0 aliphatic carbocycles. The molecule has 6 heteroatoms. The van der Waals surface area contributed by atoms with Crippen LogP contribution >= 0.6 is 11.8 Å². The highest BCUT2D eigenvalue weighted by Gasteiger charge is 2.30. The maximum absolute atomic E-state index is 13.0. The molecule has 0 spiro atoms. The Morgan fingerprint density at radius 2 is 2.04 bits per heavy atom. The van der Waals surface area contributed by atoms with Gasteiger partial charge in [0.1, 0.15) is 5.03 Å². The molecule has 0 unspecified atom stereocenters. The number of carbonyl (C=O) groups excluding carboxylic acids is 2. The molecule has 1 atom stereocenters. The van der Waals surface area contributed by atoms with Gasteiger partial charge >= 0.3 is 0 Å². The first-order chi connectivity index (χ1) is 12.4. The molecular formula is C20H23N3O2S. The fourth-order valence-electron chi connectivity index (χ4n) is 2.84. The Labute approximate surface area is 158 Å². The van der Waals surface area contributed by atoms with Crippen LogP contribution in [0.2, 0.25) is 0 Å². The Morgan fingerprint density at radius 3 is 2.73 bits per heavy atom. The average molecular weight is 369 g/mol. The van der Waals surface area contributed by atoms with E-state index in [1.54, 1.807) is 29.3 Å². The lowest BCUT2D eigenvalue weighted by atomic mass is 10.1. The summed E-state index contributed by atoms with van der Waals surface area (Å²) in [7, 11) is 0. The molecule has 2 heterocycles. The minimum atomic E-state index is -0.101. The minimum Gasteiger partial charge on any atom is -0.350 e. The summed E-state index contributed by atoms with van der Waals surface area (Å²) >= 11 is 1.43.